The molecule has 1 unspecified atom stereocenters. The fourth-order valence-electron chi connectivity index (χ4n) is 18.8. The van der Waals surface area contributed by atoms with Crippen LogP contribution in [0, 0.1) is 31.4 Å². The van der Waals surface area contributed by atoms with Crippen LogP contribution in [0.4, 0.5) is 85.7 Å². The Labute approximate surface area is 853 Å². The van der Waals surface area contributed by atoms with Crippen LogP contribution in [0.2, 0.25) is 0 Å². The maximum absolute atomic E-state index is 14.9. The molecular weight excluding hydrogens is 1840 g/mol. The van der Waals surface area contributed by atoms with Gasteiger partial charge >= 0.3 is 23.8 Å². The number of rotatable bonds is 28. The normalized spacial score (nSPS) is 17.2. The Morgan fingerprint density at radius 3 is 1.23 bits per heavy atom. The molecule has 12 aromatic rings. The molecule has 7 aliphatic heterocycles. The number of aromatic hydroxyl groups is 1. The molecule has 0 bridgehead atoms. The number of phenolic OH excluding ortho intramolecular Hbond substituents is 1. The van der Waals surface area contributed by atoms with Gasteiger partial charge in [-0.2, -0.15) is 15.0 Å². The van der Waals surface area contributed by atoms with Gasteiger partial charge in [-0.25, -0.2) is 28.0 Å². The van der Waals surface area contributed by atoms with E-state index in [0.717, 1.165) is 195 Å². The number of hydrogen-bond donors (Lipinski definition) is 2. The summed E-state index contributed by atoms with van der Waals surface area (Å²) in [7, 11) is 3.35. The van der Waals surface area contributed by atoms with Gasteiger partial charge in [-0.3, -0.25) is 24.3 Å². The van der Waals surface area contributed by atoms with E-state index in [-0.39, 0.29) is 74.9 Å². The molecule has 29 nitrogen and oxygen atoms in total. The molecule has 2 N–H and O–H groups in total. The number of hydrogen-bond acceptors (Lipinski definition) is 21. The first-order chi connectivity index (χ1) is 69.7. The minimum atomic E-state index is -1.25. The van der Waals surface area contributed by atoms with E-state index in [1.807, 2.05) is 149 Å². The van der Waals surface area contributed by atoms with E-state index >= 15 is 0 Å². The van der Waals surface area contributed by atoms with Crippen LogP contribution in [0.25, 0.3) is 5.69 Å². The highest BCUT2D eigenvalue weighted by atomic mass is 19.1. The molecule has 0 radical (unpaired) electrons. The van der Waals surface area contributed by atoms with Gasteiger partial charge in [0.05, 0.1) is 31.2 Å². The number of imidazole rings is 1. The summed E-state index contributed by atoms with van der Waals surface area (Å²) in [4.78, 5) is 78.0. The number of para-hydroxylation sites is 1. The molecule has 145 heavy (non-hydrogen) atoms. The Balaban J connectivity index is 0.000000152. The molecule has 7 fully saturated rings. The summed E-state index contributed by atoms with van der Waals surface area (Å²) in [6.07, 6.45) is 8.60. The number of carbonyl (C=O) groups excluding carboxylic acids is 3. The van der Waals surface area contributed by atoms with Gasteiger partial charge in [0, 0.05) is 250 Å². The van der Waals surface area contributed by atoms with Gasteiger partial charge in [0.1, 0.15) is 41.1 Å². The zero-order chi connectivity index (χ0) is 101. The summed E-state index contributed by atoms with van der Waals surface area (Å²) in [5.74, 6) is 0.803. The van der Waals surface area contributed by atoms with E-state index in [1.165, 1.54) is 63.2 Å². The molecule has 0 saturated carbocycles. The number of anilines is 11. The Kier molecular flexibility index (Phi) is 37.4. The monoisotopic (exact) mass is 1980 g/mol. The van der Waals surface area contributed by atoms with Crippen LogP contribution >= 0.6 is 0 Å². The molecule has 0 aliphatic carbocycles. The van der Waals surface area contributed by atoms with Crippen LogP contribution in [0.3, 0.4) is 0 Å². The van der Waals surface area contributed by atoms with Gasteiger partial charge in [-0.1, -0.05) is 87.9 Å². The first kappa shape index (κ1) is 107. The summed E-state index contributed by atoms with van der Waals surface area (Å²) in [6.45, 7) is 39.4. The quantitative estimate of drug-likeness (QED) is 0.0434. The number of aryl methyl sites for hydroxylation is 2. The third-order valence-corrected chi connectivity index (χ3v) is 27.5. The number of urea groups is 2. The second kappa shape index (κ2) is 50.9. The Hall–Kier alpha value is -14.1. The molecule has 7 saturated heterocycles. The summed E-state index contributed by atoms with van der Waals surface area (Å²) < 4.78 is 65.5. The van der Waals surface area contributed by atoms with Crippen molar-refractivity contribution in [2.24, 2.45) is 5.92 Å². The number of carbonyl (C=O) groups is 3. The second-order valence-electron chi connectivity index (χ2n) is 38.3. The lowest BCUT2D eigenvalue weighted by atomic mass is 9.94. The van der Waals surface area contributed by atoms with Crippen molar-refractivity contribution in [3.8, 4) is 22.9 Å². The fraction of sp³-hybridized carbons (Fsp3) is 0.404. The molecule has 9 heterocycles. The number of aromatic nitrogens is 5. The minimum absolute atomic E-state index is 0. The van der Waals surface area contributed by atoms with Crippen LogP contribution < -0.4 is 69.5 Å². The minimum Gasteiger partial charge on any atom is -0.508 e. The van der Waals surface area contributed by atoms with Crippen LogP contribution in [0.15, 0.2) is 272 Å². The van der Waals surface area contributed by atoms with Crippen LogP contribution in [0.1, 0.15) is 105 Å². The molecule has 0 spiro atoms. The van der Waals surface area contributed by atoms with E-state index in [4.69, 9.17) is 28.4 Å². The average Bonchev–Trinajstić information content (AvgIpc) is 1.63. The maximum Gasteiger partial charge on any atom is 0.417 e. The lowest BCUT2D eigenvalue weighted by Gasteiger charge is -2.37. The molecule has 19 rings (SSSR count). The average molecular weight is 1980 g/mol. The molecule has 770 valence electrons. The zero-order valence-corrected chi connectivity index (χ0v) is 85.1. The largest absolute Gasteiger partial charge is 0.508 e. The number of nitrogens with one attached hydrogen (secondary N) is 1. The van der Waals surface area contributed by atoms with Crippen molar-refractivity contribution in [1.29, 1.82) is 0 Å². The Bertz CT molecular complexity index is 6060. The topological polar surface area (TPSA) is 235 Å². The number of phenols is 1. The molecule has 3 atom stereocenters. The van der Waals surface area contributed by atoms with Crippen molar-refractivity contribution < 1.29 is 56.7 Å². The third-order valence-electron chi connectivity index (χ3n) is 27.5. The van der Waals surface area contributed by atoms with Crippen molar-refractivity contribution in [1.82, 2.24) is 33.9 Å². The van der Waals surface area contributed by atoms with Gasteiger partial charge in [0.2, 0.25) is 0 Å². The van der Waals surface area contributed by atoms with Crippen molar-refractivity contribution in [2.45, 2.75) is 139 Å². The van der Waals surface area contributed by atoms with Crippen molar-refractivity contribution in [3.05, 3.63) is 306 Å². The van der Waals surface area contributed by atoms with Crippen LogP contribution in [0.5, 0.6) is 17.2 Å². The molecule has 5 amide bonds. The number of amides is 5. The zero-order valence-electron chi connectivity index (χ0n) is 85.1. The molecule has 10 aromatic carbocycles. The number of piperazine rings is 4. The Morgan fingerprint density at radius 2 is 0.848 bits per heavy atom. The van der Waals surface area contributed by atoms with Gasteiger partial charge in [0.15, 0.2) is 12.6 Å². The first-order valence-electron chi connectivity index (χ1n) is 50.4. The first-order valence-corrected chi connectivity index (χ1v) is 50.4. The van der Waals surface area contributed by atoms with Crippen LogP contribution in [-0.4, -0.2) is 240 Å². The van der Waals surface area contributed by atoms with E-state index in [0.29, 0.717) is 29.5 Å². The second-order valence-corrected chi connectivity index (χ2v) is 38.3. The van der Waals surface area contributed by atoms with E-state index in [2.05, 4.69) is 207 Å². The number of benzene rings is 10. The summed E-state index contributed by atoms with van der Waals surface area (Å²) >= 11 is 0. The van der Waals surface area contributed by atoms with E-state index in [9.17, 15) is 33.1 Å². The van der Waals surface area contributed by atoms with Gasteiger partial charge in [0.25, 0.3) is 0 Å². The number of methoxy groups -OCH3 is 2. The highest BCUT2D eigenvalue weighted by Crippen LogP contribution is 2.39. The van der Waals surface area contributed by atoms with E-state index < -0.39 is 29.6 Å². The van der Waals surface area contributed by atoms with Gasteiger partial charge in [-0.15, -0.1) is 0 Å². The van der Waals surface area contributed by atoms with Crippen LogP contribution in [-0.2, 0) is 31.1 Å². The predicted octanol–water partition coefficient (Wildman–Crippen LogP) is 20.1. The standard InChI is InChI=1S/C35H39F2N7O4.C24H30N4O.C24H25N3O2.C22H28N4O2.C8H18O2.CH4/c1-25(2)42-19-20-43(34(42)45)29-6-4-27(5-7-29)40-15-17-41(18-16-40)28-8-10-30(11-9-28)46-22-33-47-24-35(48-33,23-44-38-13-14-39-44)31-12-3-26(36)21-32(31)37;1-4-20(3)27-17-18-28(24(27)29)23-11-9-22(10-12-23)26-15-13-25(14-16-26)21-7-5-19(2)6-8-21;1-19-7-11-21(12-8-19)26-15-17-27(18-16-26)22-13-9-20(10-14-22)25-24(28)29-23-5-3-2-4-6-23;1-17(2)25-15-16-26(22(25)28)20-5-3-18(4-6-20)23-11-13-24(14-12-23)19-7-9-21(27)10-8-19;1-7(2)5-6-8(9-3)10-4;/h3-14,21,25,33H,15-20,22-24H2,1-2H3;5-12,17-18,20H,4,13-16H2,1-3H3;2-14H,15-18H2,1H3,(H,25,28);3-10,17,27H,11-16H2,1-2H3;7-8H,5-6H2,1-4H3;1H4/t33-,35+;;;;;/m0...../s1. The summed E-state index contributed by atoms with van der Waals surface area (Å²) in [6, 6.07) is 79.0. The summed E-state index contributed by atoms with van der Waals surface area (Å²) in [5.41, 5.74) is 14.6. The molecular formula is C114H144F2N18O11. The van der Waals surface area contributed by atoms with Crippen molar-refractivity contribution in [2.75, 3.05) is 213 Å². The highest BCUT2D eigenvalue weighted by Gasteiger charge is 2.46. The smallest absolute Gasteiger partial charge is 0.417 e. The molecule has 31 heteroatoms. The lowest BCUT2D eigenvalue weighted by Crippen LogP contribution is -2.46. The fourth-order valence-corrected chi connectivity index (χ4v) is 18.8. The van der Waals surface area contributed by atoms with Crippen molar-refractivity contribution >= 4 is 80.7 Å². The maximum atomic E-state index is 14.9. The summed E-state index contributed by atoms with van der Waals surface area (Å²) in [5, 5.41) is 20.5. The van der Waals surface area contributed by atoms with Crippen molar-refractivity contribution in [3.63, 3.8) is 0 Å². The van der Waals surface area contributed by atoms with Gasteiger partial charge in [-0.05, 0) is 262 Å². The third kappa shape index (κ3) is 28.1. The SMILES string of the molecule is C.CC(C)N1CCN(c2ccc(N3CCN(c4ccc(O)cc4)CC3)cc2)C1=O.CC(C)N1CCN(c2ccc(N3CCN(c4ccc(OC[C@H]5OC[C@](Cn6nccn6)(c6ccc(F)cc6F)O5)cc4)CC3)cc2)C1=O.CCC(C)n1ccn(-c2ccc(N3CCN(c4ccc(C)cc4)CC3)cc2)c1=O.COC(CCC(C)C)OC.Cc1ccc(N2CCN(c3ccc(NC(=O)Oc4ccccc4)cc3)CC2)cc1. The highest BCUT2D eigenvalue weighted by molar-refractivity contribution is 5.95. The number of nitrogens with zero attached hydrogens (tertiary/aromatic N) is 17. The number of halogens is 2. The predicted molar refractivity (Wildman–Crippen MR) is 577 cm³/mol. The van der Waals surface area contributed by atoms with Gasteiger partial charge < -0.3 is 82.5 Å². The molecule has 7 aliphatic rings. The number of ether oxygens (including phenoxy) is 6. The van der Waals surface area contributed by atoms with E-state index in [1.54, 1.807) is 47.6 Å². The Morgan fingerprint density at radius 1 is 0.462 bits per heavy atom. The molecule has 2 aromatic heterocycles. The lowest BCUT2D eigenvalue weighted by molar-refractivity contribution is -0.117.